The van der Waals surface area contributed by atoms with Crippen molar-refractivity contribution in [2.45, 2.75) is 52.6 Å². The Kier molecular flexibility index (Phi) is 2.55. The van der Waals surface area contributed by atoms with E-state index in [1.54, 1.807) is 0 Å². The van der Waals surface area contributed by atoms with Crippen LogP contribution in [0.2, 0.25) is 0 Å². The Morgan fingerprint density at radius 2 is 2.13 bits per heavy atom. The van der Waals surface area contributed by atoms with E-state index >= 15 is 0 Å². The minimum atomic E-state index is 0.340. The highest BCUT2D eigenvalue weighted by Gasteiger charge is 2.61. The second-order valence-corrected chi connectivity index (χ2v) is 5.88. The van der Waals surface area contributed by atoms with Crippen LogP contribution < -0.4 is 0 Å². The number of hydrogen-bond donors (Lipinski definition) is 0. The quantitative estimate of drug-likeness (QED) is 0.666. The fourth-order valence-corrected chi connectivity index (χ4v) is 3.63. The Labute approximate surface area is 92.6 Å². The van der Waals surface area contributed by atoms with Gasteiger partial charge in [0.15, 0.2) is 0 Å². The predicted molar refractivity (Wildman–Crippen MR) is 59.2 cm³/mol. The predicted octanol–water partition coefficient (Wildman–Crippen LogP) is 3.13. The molecule has 3 unspecified atom stereocenters. The molecular formula is C13H21NO. The van der Waals surface area contributed by atoms with Gasteiger partial charge in [0.2, 0.25) is 0 Å². The topological polar surface area (TPSA) is 33.0 Å². The van der Waals surface area contributed by atoms with E-state index in [1.807, 2.05) is 0 Å². The summed E-state index contributed by atoms with van der Waals surface area (Å²) in [5, 5.41) is 8.51. The van der Waals surface area contributed by atoms with Gasteiger partial charge in [-0.25, -0.2) is 0 Å². The molecular weight excluding hydrogens is 186 g/mol. The van der Waals surface area contributed by atoms with Crippen LogP contribution in [0.3, 0.4) is 0 Å². The van der Waals surface area contributed by atoms with Crippen LogP contribution in [0.15, 0.2) is 0 Å². The van der Waals surface area contributed by atoms with E-state index in [4.69, 9.17) is 10.00 Å². The minimum absolute atomic E-state index is 0.340. The molecule has 0 radical (unpaired) electrons. The molecule has 2 aliphatic carbocycles. The zero-order valence-electron chi connectivity index (χ0n) is 10.0. The van der Waals surface area contributed by atoms with E-state index in [-0.39, 0.29) is 0 Å². The van der Waals surface area contributed by atoms with E-state index in [0.29, 0.717) is 30.0 Å². The second kappa shape index (κ2) is 3.49. The highest BCUT2D eigenvalue weighted by Crippen LogP contribution is 2.66. The highest BCUT2D eigenvalue weighted by atomic mass is 16.5. The molecule has 0 aliphatic heterocycles. The lowest BCUT2D eigenvalue weighted by Crippen LogP contribution is -2.37. The molecule has 2 heteroatoms. The maximum absolute atomic E-state index is 8.51. The summed E-state index contributed by atoms with van der Waals surface area (Å²) in [6.07, 6.45) is 4.77. The SMILES string of the molecule is CC1(C)C2CCC1(C)C(OCCC#N)C2. The largest absolute Gasteiger partial charge is 0.377 e. The van der Waals surface area contributed by atoms with Gasteiger partial charge in [-0.2, -0.15) is 5.26 Å². The summed E-state index contributed by atoms with van der Waals surface area (Å²) in [5.74, 6) is 0.828. The van der Waals surface area contributed by atoms with Crippen molar-refractivity contribution >= 4 is 0 Å². The van der Waals surface area contributed by atoms with Crippen LogP contribution in [-0.2, 0) is 4.74 Å². The molecule has 2 bridgehead atoms. The van der Waals surface area contributed by atoms with Crippen molar-refractivity contribution in [2.75, 3.05) is 6.61 Å². The Morgan fingerprint density at radius 3 is 2.60 bits per heavy atom. The molecule has 0 saturated heterocycles. The lowest BCUT2D eigenvalue weighted by Gasteiger charge is -2.38. The van der Waals surface area contributed by atoms with Gasteiger partial charge in [-0.05, 0) is 36.0 Å². The molecule has 15 heavy (non-hydrogen) atoms. The molecule has 2 aliphatic rings. The molecule has 0 aromatic rings. The lowest BCUT2D eigenvalue weighted by atomic mass is 9.70. The number of nitrogens with zero attached hydrogens (tertiary/aromatic N) is 1. The molecule has 2 saturated carbocycles. The van der Waals surface area contributed by atoms with Crippen LogP contribution in [0.5, 0.6) is 0 Å². The molecule has 2 nitrogen and oxygen atoms in total. The van der Waals surface area contributed by atoms with Crippen molar-refractivity contribution in [3.05, 3.63) is 0 Å². The van der Waals surface area contributed by atoms with E-state index in [0.717, 1.165) is 5.92 Å². The number of nitriles is 1. The first-order valence-electron chi connectivity index (χ1n) is 6.01. The van der Waals surface area contributed by atoms with Crippen LogP contribution in [0, 0.1) is 28.1 Å². The van der Waals surface area contributed by atoms with Gasteiger partial charge in [-0.15, -0.1) is 0 Å². The monoisotopic (exact) mass is 207 g/mol. The van der Waals surface area contributed by atoms with Crippen LogP contribution in [0.25, 0.3) is 0 Å². The molecule has 0 aromatic heterocycles. The summed E-state index contributed by atoms with van der Waals surface area (Å²) in [5.41, 5.74) is 0.761. The van der Waals surface area contributed by atoms with Gasteiger partial charge in [-0.1, -0.05) is 20.8 Å². The molecule has 2 rings (SSSR count). The van der Waals surface area contributed by atoms with E-state index in [2.05, 4.69) is 26.8 Å². The zero-order valence-corrected chi connectivity index (χ0v) is 10.0. The summed E-state index contributed by atoms with van der Waals surface area (Å²) in [6, 6.07) is 2.14. The highest BCUT2D eigenvalue weighted by molar-refractivity contribution is 5.11. The Hall–Kier alpha value is -0.550. The van der Waals surface area contributed by atoms with E-state index in [1.165, 1.54) is 19.3 Å². The second-order valence-electron chi connectivity index (χ2n) is 5.88. The average Bonchev–Trinajstić information content (AvgIpc) is 2.51. The van der Waals surface area contributed by atoms with Crippen molar-refractivity contribution in [3.8, 4) is 6.07 Å². The Bertz CT molecular complexity index is 291. The van der Waals surface area contributed by atoms with Gasteiger partial charge in [0, 0.05) is 0 Å². The average molecular weight is 207 g/mol. The number of ether oxygens (including phenoxy) is 1. The smallest absolute Gasteiger partial charge is 0.0645 e. The summed E-state index contributed by atoms with van der Waals surface area (Å²) in [4.78, 5) is 0. The van der Waals surface area contributed by atoms with Gasteiger partial charge in [0.1, 0.15) is 0 Å². The number of fused-ring (bicyclic) bond motifs is 2. The van der Waals surface area contributed by atoms with Crippen molar-refractivity contribution in [3.63, 3.8) is 0 Å². The Balaban J connectivity index is 2.03. The standard InChI is InChI=1S/C13H21NO/c1-12(2)10-5-6-13(12,3)11(9-10)15-8-4-7-14/h10-11H,4-6,8-9H2,1-3H3. The molecule has 0 spiro atoms. The van der Waals surface area contributed by atoms with Gasteiger partial charge in [0.05, 0.1) is 25.2 Å². The van der Waals surface area contributed by atoms with Crippen molar-refractivity contribution in [1.29, 1.82) is 5.26 Å². The normalized spacial score (nSPS) is 41.7. The molecule has 0 N–H and O–H groups in total. The van der Waals surface area contributed by atoms with Gasteiger partial charge in [0.25, 0.3) is 0 Å². The third kappa shape index (κ3) is 1.40. The van der Waals surface area contributed by atoms with Crippen molar-refractivity contribution in [1.82, 2.24) is 0 Å². The fourth-order valence-electron chi connectivity index (χ4n) is 3.63. The maximum Gasteiger partial charge on any atom is 0.0645 e. The Morgan fingerprint density at radius 1 is 1.40 bits per heavy atom. The van der Waals surface area contributed by atoms with Gasteiger partial charge in [-0.3, -0.25) is 0 Å². The molecule has 0 heterocycles. The van der Waals surface area contributed by atoms with Crippen LogP contribution in [0.4, 0.5) is 0 Å². The number of rotatable bonds is 3. The fraction of sp³-hybridized carbons (Fsp3) is 0.923. The first-order chi connectivity index (χ1) is 7.02. The minimum Gasteiger partial charge on any atom is -0.377 e. The molecule has 84 valence electrons. The van der Waals surface area contributed by atoms with Gasteiger partial charge >= 0.3 is 0 Å². The maximum atomic E-state index is 8.51. The van der Waals surface area contributed by atoms with Crippen LogP contribution in [0.1, 0.15) is 46.5 Å². The summed E-state index contributed by atoms with van der Waals surface area (Å²) in [6.45, 7) is 7.76. The van der Waals surface area contributed by atoms with Crippen molar-refractivity contribution in [2.24, 2.45) is 16.7 Å². The zero-order chi connectivity index (χ0) is 11.1. The first kappa shape index (κ1) is 11.0. The molecule has 0 amide bonds. The summed E-state index contributed by atoms with van der Waals surface area (Å²) in [7, 11) is 0. The van der Waals surface area contributed by atoms with E-state index < -0.39 is 0 Å². The van der Waals surface area contributed by atoms with E-state index in [9.17, 15) is 0 Å². The molecule has 2 fully saturated rings. The number of hydrogen-bond acceptors (Lipinski definition) is 2. The lowest BCUT2D eigenvalue weighted by molar-refractivity contribution is -0.0443. The summed E-state index contributed by atoms with van der Waals surface area (Å²) >= 11 is 0. The first-order valence-corrected chi connectivity index (χ1v) is 6.01. The van der Waals surface area contributed by atoms with Crippen molar-refractivity contribution < 1.29 is 4.74 Å². The van der Waals surface area contributed by atoms with Crippen LogP contribution in [-0.4, -0.2) is 12.7 Å². The third-order valence-corrected chi connectivity index (χ3v) is 5.25. The van der Waals surface area contributed by atoms with Gasteiger partial charge < -0.3 is 4.74 Å². The summed E-state index contributed by atoms with van der Waals surface area (Å²) < 4.78 is 5.89. The molecule has 0 aromatic carbocycles. The third-order valence-electron chi connectivity index (χ3n) is 5.25. The molecule has 3 atom stereocenters. The van der Waals surface area contributed by atoms with Crippen LogP contribution >= 0.6 is 0 Å².